The number of methoxy groups -OCH3 is 1. The zero-order valence-electron chi connectivity index (χ0n) is 21.0. The van der Waals surface area contributed by atoms with Gasteiger partial charge in [-0.05, 0) is 30.3 Å². The normalized spacial score (nSPS) is 11.2. The van der Waals surface area contributed by atoms with Gasteiger partial charge in [0.1, 0.15) is 18.2 Å². The van der Waals surface area contributed by atoms with E-state index in [0.29, 0.717) is 46.4 Å². The molecule has 0 aliphatic carbocycles. The largest absolute Gasteiger partial charge is 0.473 e. The number of nitro benzene ring substituents is 1. The first kappa shape index (κ1) is 26.3. The number of para-hydroxylation sites is 2. The van der Waals surface area contributed by atoms with Gasteiger partial charge in [-0.1, -0.05) is 48.0 Å². The number of nitro groups is 1. The van der Waals surface area contributed by atoms with Gasteiger partial charge in [0.05, 0.1) is 28.3 Å². The second-order valence-electron chi connectivity index (χ2n) is 8.82. The predicted molar refractivity (Wildman–Crippen MR) is 146 cm³/mol. The molecule has 0 bridgehead atoms. The maximum absolute atomic E-state index is 14.1. The van der Waals surface area contributed by atoms with Crippen LogP contribution in [0.5, 0.6) is 5.88 Å². The summed E-state index contributed by atoms with van der Waals surface area (Å²) in [5, 5.41) is 12.4. The summed E-state index contributed by atoms with van der Waals surface area (Å²) in [6.07, 6.45) is 0.276. The Labute approximate surface area is 228 Å². The maximum Gasteiger partial charge on any atom is 0.273 e. The van der Waals surface area contributed by atoms with E-state index in [2.05, 4.69) is 4.98 Å². The second kappa shape index (κ2) is 11.6. The Bertz CT molecular complexity index is 1660. The van der Waals surface area contributed by atoms with Gasteiger partial charge in [0.2, 0.25) is 5.88 Å². The van der Waals surface area contributed by atoms with Crippen LogP contribution < -0.4 is 4.74 Å². The Hall–Kier alpha value is -4.34. The van der Waals surface area contributed by atoms with Crippen LogP contribution in [-0.2, 0) is 24.3 Å². The van der Waals surface area contributed by atoms with Crippen molar-refractivity contribution in [2.75, 3.05) is 13.7 Å². The van der Waals surface area contributed by atoms with Crippen molar-refractivity contribution < 1.29 is 18.8 Å². The lowest BCUT2D eigenvalue weighted by atomic mass is 10.0. The van der Waals surface area contributed by atoms with E-state index in [1.54, 1.807) is 49.6 Å². The topological polar surface area (TPSA) is 92.3 Å². The lowest BCUT2D eigenvalue weighted by Gasteiger charge is -2.11. The quantitative estimate of drug-likeness (QED) is 0.144. The minimum atomic E-state index is -0.472. The van der Waals surface area contributed by atoms with Crippen LogP contribution in [0.2, 0.25) is 5.02 Å². The molecule has 0 fully saturated rings. The molecule has 0 spiro atoms. The molecule has 0 aliphatic rings. The van der Waals surface area contributed by atoms with Gasteiger partial charge in [0.15, 0.2) is 0 Å². The fraction of sp³-hybridized carbons (Fsp3) is 0.172. The summed E-state index contributed by atoms with van der Waals surface area (Å²) in [4.78, 5) is 20.9. The van der Waals surface area contributed by atoms with Crippen molar-refractivity contribution in [1.82, 2.24) is 14.5 Å². The molecular formula is C29H24ClFN4O4. The number of fused-ring (bicyclic) bond motifs is 1. The van der Waals surface area contributed by atoms with Crippen molar-refractivity contribution in [2.24, 2.45) is 0 Å². The van der Waals surface area contributed by atoms with Crippen LogP contribution in [0.15, 0.2) is 78.9 Å². The molecule has 2 heterocycles. The van der Waals surface area contributed by atoms with Crippen LogP contribution in [0.1, 0.15) is 17.0 Å². The predicted octanol–water partition coefficient (Wildman–Crippen LogP) is 6.62. The Kier molecular flexibility index (Phi) is 7.81. The first-order valence-corrected chi connectivity index (χ1v) is 12.6. The van der Waals surface area contributed by atoms with E-state index in [4.69, 9.17) is 26.1 Å². The zero-order chi connectivity index (χ0) is 27.4. The molecule has 8 nitrogen and oxygen atoms in total. The van der Waals surface area contributed by atoms with Crippen molar-refractivity contribution in [3.05, 3.63) is 117 Å². The summed E-state index contributed by atoms with van der Waals surface area (Å²) in [6, 6.07) is 22.2. The van der Waals surface area contributed by atoms with Gasteiger partial charge in [0, 0.05) is 53.9 Å². The van der Waals surface area contributed by atoms with Gasteiger partial charge >= 0.3 is 0 Å². The monoisotopic (exact) mass is 546 g/mol. The molecule has 0 aliphatic heterocycles. The first-order valence-electron chi connectivity index (χ1n) is 12.2. The lowest BCUT2D eigenvalue weighted by Crippen LogP contribution is -2.09. The molecule has 198 valence electrons. The molecule has 2 aromatic heterocycles. The van der Waals surface area contributed by atoms with Crippen molar-refractivity contribution in [2.45, 2.75) is 19.6 Å². The third-order valence-electron chi connectivity index (χ3n) is 6.29. The molecule has 0 saturated heterocycles. The fourth-order valence-corrected chi connectivity index (χ4v) is 4.51. The zero-order valence-corrected chi connectivity index (χ0v) is 21.8. The minimum Gasteiger partial charge on any atom is -0.473 e. The van der Waals surface area contributed by atoms with Crippen LogP contribution in [0, 0.1) is 15.9 Å². The number of pyridine rings is 1. The summed E-state index contributed by atoms with van der Waals surface area (Å²) in [6.45, 7) is 1.03. The molecule has 0 atom stereocenters. The SMILES string of the molecule is COCCn1c(Cc2ccc(-c3cccc(OCc4ccc(Cl)cc4F)n3)cc2[N+](=O)[O-])nc2ccccc21. The van der Waals surface area contributed by atoms with Crippen molar-refractivity contribution >= 4 is 28.3 Å². The third-order valence-corrected chi connectivity index (χ3v) is 6.53. The smallest absolute Gasteiger partial charge is 0.273 e. The molecule has 0 N–H and O–H groups in total. The van der Waals surface area contributed by atoms with Gasteiger partial charge in [-0.25, -0.2) is 14.4 Å². The Morgan fingerprint density at radius 2 is 1.82 bits per heavy atom. The van der Waals surface area contributed by atoms with Crippen LogP contribution in [0.25, 0.3) is 22.3 Å². The molecule has 39 heavy (non-hydrogen) atoms. The number of aromatic nitrogens is 3. The number of hydrogen-bond donors (Lipinski definition) is 0. The average Bonchev–Trinajstić information content (AvgIpc) is 3.28. The molecule has 5 rings (SSSR count). The van der Waals surface area contributed by atoms with Gasteiger partial charge < -0.3 is 14.0 Å². The van der Waals surface area contributed by atoms with Crippen molar-refractivity contribution in [1.29, 1.82) is 0 Å². The highest BCUT2D eigenvalue weighted by Gasteiger charge is 2.20. The van der Waals surface area contributed by atoms with Gasteiger partial charge in [-0.3, -0.25) is 10.1 Å². The number of rotatable bonds is 10. The maximum atomic E-state index is 14.1. The van der Waals surface area contributed by atoms with E-state index in [0.717, 1.165) is 11.0 Å². The van der Waals surface area contributed by atoms with E-state index in [9.17, 15) is 14.5 Å². The first-order chi connectivity index (χ1) is 18.9. The molecule has 0 amide bonds. The summed E-state index contributed by atoms with van der Waals surface area (Å²) in [5.41, 5.74) is 3.65. The molecule has 0 radical (unpaired) electrons. The molecule has 10 heteroatoms. The summed E-state index contributed by atoms with van der Waals surface area (Å²) >= 11 is 5.81. The minimum absolute atomic E-state index is 0.0331. The number of ether oxygens (including phenoxy) is 2. The third kappa shape index (κ3) is 5.89. The van der Waals surface area contributed by atoms with E-state index >= 15 is 0 Å². The highest BCUT2D eigenvalue weighted by molar-refractivity contribution is 6.30. The van der Waals surface area contributed by atoms with E-state index in [1.165, 1.54) is 12.1 Å². The number of nitrogens with zero attached hydrogens (tertiary/aromatic N) is 4. The average molecular weight is 547 g/mol. The molecular weight excluding hydrogens is 523 g/mol. The number of hydrogen-bond acceptors (Lipinski definition) is 6. The van der Waals surface area contributed by atoms with Crippen LogP contribution >= 0.6 is 11.6 Å². The Morgan fingerprint density at radius 1 is 1.00 bits per heavy atom. The van der Waals surface area contributed by atoms with Crippen LogP contribution in [0.3, 0.4) is 0 Å². The Balaban J connectivity index is 1.41. The Morgan fingerprint density at radius 3 is 2.62 bits per heavy atom. The highest BCUT2D eigenvalue weighted by atomic mass is 35.5. The molecule has 5 aromatic rings. The van der Waals surface area contributed by atoms with Gasteiger partial charge in [-0.2, -0.15) is 0 Å². The summed E-state index contributed by atoms with van der Waals surface area (Å²) < 4.78 is 27.1. The fourth-order valence-electron chi connectivity index (χ4n) is 4.35. The van der Waals surface area contributed by atoms with E-state index in [-0.39, 0.29) is 24.6 Å². The summed E-state index contributed by atoms with van der Waals surface area (Å²) in [7, 11) is 1.63. The second-order valence-corrected chi connectivity index (χ2v) is 9.26. The van der Waals surface area contributed by atoms with Crippen LogP contribution in [-0.4, -0.2) is 33.2 Å². The van der Waals surface area contributed by atoms with Crippen LogP contribution in [0.4, 0.5) is 10.1 Å². The molecule has 0 unspecified atom stereocenters. The lowest BCUT2D eigenvalue weighted by molar-refractivity contribution is -0.385. The molecule has 0 saturated carbocycles. The number of benzene rings is 3. The van der Waals surface area contributed by atoms with E-state index < -0.39 is 10.7 Å². The number of imidazole rings is 1. The van der Waals surface area contributed by atoms with Gasteiger partial charge in [0.25, 0.3) is 5.69 Å². The summed E-state index contributed by atoms with van der Waals surface area (Å²) in [5.74, 6) is 0.508. The standard InChI is InChI=1S/C29H24ClFN4O4/c1-38-14-13-34-26-7-3-2-5-25(26)32-28(34)16-20-10-9-19(15-27(20)35(36)37)24-6-4-8-29(33-24)39-18-21-11-12-22(30)17-23(21)31/h2-12,15,17H,13-14,16,18H2,1H3. The molecule has 3 aromatic carbocycles. The number of halogens is 2. The van der Waals surface area contributed by atoms with Crippen molar-refractivity contribution in [3.8, 4) is 17.1 Å². The van der Waals surface area contributed by atoms with E-state index in [1.807, 2.05) is 28.8 Å². The van der Waals surface area contributed by atoms with Gasteiger partial charge in [-0.15, -0.1) is 0 Å². The highest BCUT2D eigenvalue weighted by Crippen LogP contribution is 2.30. The van der Waals surface area contributed by atoms with Crippen molar-refractivity contribution in [3.63, 3.8) is 0 Å².